The molecule has 3 heterocycles. The van der Waals surface area contributed by atoms with Gasteiger partial charge in [0.2, 0.25) is 5.88 Å². The van der Waals surface area contributed by atoms with E-state index in [0.717, 1.165) is 65.0 Å². The Kier molecular flexibility index (Phi) is 5.07. The van der Waals surface area contributed by atoms with Gasteiger partial charge < -0.3 is 19.8 Å². The van der Waals surface area contributed by atoms with E-state index >= 15 is 0 Å². The summed E-state index contributed by atoms with van der Waals surface area (Å²) in [5.41, 5.74) is 5.09. The number of aromatic amines is 1. The van der Waals surface area contributed by atoms with E-state index in [1.807, 2.05) is 24.4 Å². The lowest BCUT2D eigenvalue weighted by atomic mass is 10.0. The molecule has 1 fully saturated rings. The van der Waals surface area contributed by atoms with Crippen LogP contribution in [0.25, 0.3) is 33.3 Å². The zero-order valence-corrected chi connectivity index (χ0v) is 16.9. The average Bonchev–Trinajstić information content (AvgIpc) is 3.23. The topological polar surface area (TPSA) is 72.1 Å². The van der Waals surface area contributed by atoms with Crippen molar-refractivity contribution in [2.24, 2.45) is 0 Å². The highest BCUT2D eigenvalue weighted by atomic mass is 16.5. The van der Waals surface area contributed by atoms with Crippen LogP contribution in [0.1, 0.15) is 12.8 Å². The van der Waals surface area contributed by atoms with Gasteiger partial charge in [0.05, 0.1) is 25.2 Å². The molecule has 1 saturated heterocycles. The second-order valence-corrected chi connectivity index (χ2v) is 7.52. The normalized spacial score (nSPS) is 16.5. The first-order chi connectivity index (χ1) is 14.8. The molecule has 1 atom stereocenters. The smallest absolute Gasteiger partial charge is 0.233 e. The van der Waals surface area contributed by atoms with Crippen LogP contribution in [0, 0.1) is 0 Å². The van der Waals surface area contributed by atoms with Gasteiger partial charge in [-0.05, 0) is 54.8 Å². The van der Waals surface area contributed by atoms with Crippen LogP contribution in [-0.4, -0.2) is 41.3 Å². The molecule has 2 N–H and O–H groups in total. The molecule has 6 heteroatoms. The summed E-state index contributed by atoms with van der Waals surface area (Å²) in [5.74, 6) is 1.41. The van der Waals surface area contributed by atoms with Crippen molar-refractivity contribution in [3.8, 4) is 34.0 Å². The zero-order chi connectivity index (χ0) is 20.3. The van der Waals surface area contributed by atoms with Gasteiger partial charge in [-0.25, -0.2) is 4.98 Å². The minimum atomic E-state index is 0.144. The van der Waals surface area contributed by atoms with Gasteiger partial charge in [0.25, 0.3) is 0 Å². The standard InChI is InChI=1S/C24H24N4O2/c1-29-18-5-2-4-16(10-18)17-7-8-22-20(11-17)21(13-27-22)23-14-26-15-24(28-23)30-19-6-3-9-25-12-19/h2,4-5,7-8,10-11,13-15,19,25,27H,3,6,9,12H2,1H3. The third kappa shape index (κ3) is 3.74. The summed E-state index contributed by atoms with van der Waals surface area (Å²) in [6.07, 6.45) is 7.76. The van der Waals surface area contributed by atoms with Crippen molar-refractivity contribution in [2.75, 3.05) is 20.2 Å². The van der Waals surface area contributed by atoms with Crippen molar-refractivity contribution in [1.82, 2.24) is 20.3 Å². The van der Waals surface area contributed by atoms with Crippen molar-refractivity contribution in [3.05, 3.63) is 61.1 Å². The third-order valence-corrected chi connectivity index (χ3v) is 5.51. The largest absolute Gasteiger partial charge is 0.497 e. The summed E-state index contributed by atoms with van der Waals surface area (Å²) >= 11 is 0. The van der Waals surface area contributed by atoms with Gasteiger partial charge in [0.15, 0.2) is 0 Å². The molecule has 1 unspecified atom stereocenters. The van der Waals surface area contributed by atoms with Gasteiger partial charge in [-0.3, -0.25) is 4.98 Å². The molecule has 0 spiro atoms. The molecule has 0 amide bonds. The van der Waals surface area contributed by atoms with E-state index in [1.165, 1.54) is 0 Å². The number of hydrogen-bond acceptors (Lipinski definition) is 5. The van der Waals surface area contributed by atoms with Crippen LogP contribution in [0.5, 0.6) is 11.6 Å². The Morgan fingerprint density at radius 3 is 2.87 bits per heavy atom. The monoisotopic (exact) mass is 400 g/mol. The quantitative estimate of drug-likeness (QED) is 0.518. The van der Waals surface area contributed by atoms with Crippen LogP contribution in [-0.2, 0) is 0 Å². The first kappa shape index (κ1) is 18.6. The van der Waals surface area contributed by atoms with Crippen LogP contribution in [0.4, 0.5) is 0 Å². The Bertz CT molecular complexity index is 1160. The molecular formula is C24H24N4O2. The molecule has 0 radical (unpaired) electrons. The van der Waals surface area contributed by atoms with Gasteiger partial charge in [-0.15, -0.1) is 0 Å². The molecule has 6 nitrogen and oxygen atoms in total. The van der Waals surface area contributed by atoms with Gasteiger partial charge in [0, 0.05) is 29.2 Å². The lowest BCUT2D eigenvalue weighted by Gasteiger charge is -2.23. The summed E-state index contributed by atoms with van der Waals surface area (Å²) in [4.78, 5) is 12.5. The average molecular weight is 400 g/mol. The van der Waals surface area contributed by atoms with E-state index in [4.69, 9.17) is 14.5 Å². The Morgan fingerprint density at radius 1 is 1.07 bits per heavy atom. The fourth-order valence-corrected chi connectivity index (χ4v) is 3.94. The minimum absolute atomic E-state index is 0.144. The lowest BCUT2D eigenvalue weighted by Crippen LogP contribution is -2.37. The van der Waals surface area contributed by atoms with E-state index in [-0.39, 0.29) is 6.10 Å². The highest BCUT2D eigenvalue weighted by molar-refractivity contribution is 5.97. The first-order valence-electron chi connectivity index (χ1n) is 10.3. The Morgan fingerprint density at radius 2 is 2.00 bits per heavy atom. The second-order valence-electron chi connectivity index (χ2n) is 7.52. The molecule has 1 aliphatic rings. The van der Waals surface area contributed by atoms with E-state index in [0.29, 0.717) is 5.88 Å². The Hall–Kier alpha value is -3.38. The number of benzene rings is 2. The number of H-pyrrole nitrogens is 1. The van der Waals surface area contributed by atoms with E-state index in [9.17, 15) is 0 Å². The van der Waals surface area contributed by atoms with Crippen LogP contribution in [0.3, 0.4) is 0 Å². The van der Waals surface area contributed by atoms with Crippen molar-refractivity contribution in [3.63, 3.8) is 0 Å². The van der Waals surface area contributed by atoms with E-state index < -0.39 is 0 Å². The fourth-order valence-electron chi connectivity index (χ4n) is 3.94. The molecular weight excluding hydrogens is 376 g/mol. The van der Waals surface area contributed by atoms with Crippen LogP contribution in [0.15, 0.2) is 61.1 Å². The number of nitrogens with one attached hydrogen (secondary N) is 2. The molecule has 5 rings (SSSR count). The zero-order valence-electron chi connectivity index (χ0n) is 16.9. The number of aromatic nitrogens is 3. The summed E-state index contributed by atoms with van der Waals surface area (Å²) in [7, 11) is 1.68. The summed E-state index contributed by atoms with van der Waals surface area (Å²) in [5, 5.41) is 4.46. The predicted octanol–water partition coefficient (Wildman–Crippen LogP) is 4.43. The molecule has 152 valence electrons. The number of fused-ring (bicyclic) bond motifs is 1. The van der Waals surface area contributed by atoms with Gasteiger partial charge in [0.1, 0.15) is 11.9 Å². The molecule has 2 aromatic carbocycles. The fraction of sp³-hybridized carbons (Fsp3) is 0.250. The Balaban J connectivity index is 1.49. The predicted molar refractivity (Wildman–Crippen MR) is 118 cm³/mol. The van der Waals surface area contributed by atoms with Crippen LogP contribution in [0.2, 0.25) is 0 Å². The molecule has 2 aromatic heterocycles. The van der Waals surface area contributed by atoms with Crippen LogP contribution >= 0.6 is 0 Å². The molecule has 0 bridgehead atoms. The summed E-state index contributed by atoms with van der Waals surface area (Å²) in [6, 6.07) is 14.5. The molecule has 0 aliphatic carbocycles. The number of nitrogens with zero attached hydrogens (tertiary/aromatic N) is 2. The van der Waals surface area contributed by atoms with Crippen molar-refractivity contribution in [1.29, 1.82) is 0 Å². The first-order valence-corrected chi connectivity index (χ1v) is 10.3. The molecule has 30 heavy (non-hydrogen) atoms. The molecule has 0 saturated carbocycles. The number of piperidine rings is 1. The molecule has 1 aliphatic heterocycles. The van der Waals surface area contributed by atoms with Gasteiger partial charge in [-0.1, -0.05) is 18.2 Å². The van der Waals surface area contributed by atoms with Crippen molar-refractivity contribution in [2.45, 2.75) is 18.9 Å². The summed E-state index contributed by atoms with van der Waals surface area (Å²) in [6.45, 7) is 1.90. The van der Waals surface area contributed by atoms with Crippen molar-refractivity contribution < 1.29 is 9.47 Å². The maximum atomic E-state index is 6.06. The Labute approximate surface area is 175 Å². The number of rotatable bonds is 5. The highest BCUT2D eigenvalue weighted by Gasteiger charge is 2.16. The van der Waals surface area contributed by atoms with Crippen LogP contribution < -0.4 is 14.8 Å². The third-order valence-electron chi connectivity index (χ3n) is 5.51. The highest BCUT2D eigenvalue weighted by Crippen LogP contribution is 2.32. The maximum Gasteiger partial charge on any atom is 0.233 e. The van der Waals surface area contributed by atoms with E-state index in [2.05, 4.69) is 39.6 Å². The minimum Gasteiger partial charge on any atom is -0.497 e. The van der Waals surface area contributed by atoms with Gasteiger partial charge >= 0.3 is 0 Å². The maximum absolute atomic E-state index is 6.06. The summed E-state index contributed by atoms with van der Waals surface area (Å²) < 4.78 is 11.4. The van der Waals surface area contributed by atoms with E-state index in [1.54, 1.807) is 19.5 Å². The molecule has 4 aromatic rings. The number of ether oxygens (including phenoxy) is 2. The number of hydrogen-bond donors (Lipinski definition) is 2. The van der Waals surface area contributed by atoms with Crippen molar-refractivity contribution >= 4 is 10.9 Å². The lowest BCUT2D eigenvalue weighted by molar-refractivity contribution is 0.160. The SMILES string of the molecule is COc1cccc(-c2ccc3[nH]cc(-c4cncc(OC5CCCNC5)n4)c3c2)c1. The number of methoxy groups -OCH3 is 1. The van der Waals surface area contributed by atoms with Gasteiger partial charge in [-0.2, -0.15) is 0 Å². The second kappa shape index (κ2) is 8.16.